The van der Waals surface area contributed by atoms with Gasteiger partial charge in [-0.15, -0.1) is 16.8 Å². The highest BCUT2D eigenvalue weighted by Gasteiger charge is 2.19. The van der Waals surface area contributed by atoms with Crippen molar-refractivity contribution < 1.29 is 9.59 Å². The predicted molar refractivity (Wildman–Crippen MR) is 192 cm³/mol. The molecule has 0 aliphatic rings. The maximum Gasteiger partial charge on any atom is 0.234 e. The lowest BCUT2D eigenvalue weighted by molar-refractivity contribution is -0.113. The van der Waals surface area contributed by atoms with E-state index in [-0.39, 0.29) is 17.4 Å². The largest absolute Gasteiger partial charge is 0.325 e. The highest BCUT2D eigenvalue weighted by atomic mass is 35.5. The number of amides is 1. The van der Waals surface area contributed by atoms with Gasteiger partial charge >= 0.3 is 0 Å². The molecule has 232 valence electrons. The summed E-state index contributed by atoms with van der Waals surface area (Å²) in [7, 11) is 0. The first-order valence-corrected chi connectivity index (χ1v) is 16.3. The summed E-state index contributed by atoms with van der Waals surface area (Å²) in [6, 6.07) is 31.4. The number of nitrogens with zero attached hydrogens (tertiary/aromatic N) is 4. The lowest BCUT2D eigenvalue weighted by atomic mass is 10.0. The average Bonchev–Trinajstić information content (AvgIpc) is 3.49. The van der Waals surface area contributed by atoms with E-state index < -0.39 is 0 Å². The molecule has 0 radical (unpaired) electrons. The maximum absolute atomic E-state index is 12.9. The Morgan fingerprint density at radius 1 is 0.872 bits per heavy atom. The number of fused-ring (bicyclic) bond motifs is 1. The van der Waals surface area contributed by atoms with Gasteiger partial charge in [-0.3, -0.25) is 14.2 Å². The van der Waals surface area contributed by atoms with Crippen LogP contribution in [0.25, 0.3) is 39.6 Å². The molecule has 2 aromatic heterocycles. The molecule has 0 atom stereocenters. The number of rotatable bonds is 11. The molecule has 47 heavy (non-hydrogen) atoms. The molecule has 0 spiro atoms. The van der Waals surface area contributed by atoms with Crippen molar-refractivity contribution in [2.24, 2.45) is 0 Å². The quantitative estimate of drug-likeness (QED) is 0.0637. The number of carbonyl (C=O) groups excluding carboxylic acids is 2. The van der Waals surface area contributed by atoms with E-state index >= 15 is 0 Å². The van der Waals surface area contributed by atoms with Crippen LogP contribution in [0, 0.1) is 0 Å². The van der Waals surface area contributed by atoms with Crippen LogP contribution in [0.15, 0.2) is 127 Å². The minimum absolute atomic E-state index is 0.104. The summed E-state index contributed by atoms with van der Waals surface area (Å²) in [5.74, 6) is 0.387. The van der Waals surface area contributed by atoms with Crippen LogP contribution in [0.4, 0.5) is 5.69 Å². The second-order valence-electron chi connectivity index (χ2n) is 10.4. The van der Waals surface area contributed by atoms with Gasteiger partial charge in [0.05, 0.1) is 17.0 Å². The summed E-state index contributed by atoms with van der Waals surface area (Å²) in [6.07, 6.45) is 5.01. The molecule has 0 saturated heterocycles. The molecule has 1 N–H and O–H groups in total. The maximum atomic E-state index is 12.9. The summed E-state index contributed by atoms with van der Waals surface area (Å²) in [6.45, 7) is 4.37. The smallest absolute Gasteiger partial charge is 0.234 e. The third kappa shape index (κ3) is 7.69. The highest BCUT2D eigenvalue weighted by Crippen LogP contribution is 2.33. The lowest BCUT2D eigenvalue weighted by Gasteiger charge is -2.12. The first-order chi connectivity index (χ1) is 22.9. The number of nitrogens with one attached hydrogen (secondary N) is 1. The first-order valence-electron chi connectivity index (χ1n) is 14.6. The van der Waals surface area contributed by atoms with Crippen LogP contribution in [-0.2, 0) is 11.3 Å². The Morgan fingerprint density at radius 2 is 1.57 bits per heavy atom. The highest BCUT2D eigenvalue weighted by molar-refractivity contribution is 7.99. The monoisotopic (exact) mass is 675 g/mol. The van der Waals surface area contributed by atoms with Gasteiger partial charge < -0.3 is 5.32 Å². The van der Waals surface area contributed by atoms with E-state index in [2.05, 4.69) is 22.1 Å². The molecule has 0 bridgehead atoms. The molecule has 1 amide bonds. The van der Waals surface area contributed by atoms with Crippen LogP contribution in [0.2, 0.25) is 10.0 Å². The normalized spacial score (nSPS) is 11.2. The standard InChI is InChI=1S/C37H27Cl2N5O2S/c1-2-21-44-36(31-22-33(25-10-16-28(39)17-11-25)41-32-6-4-3-5-30(31)32)42-43-37(44)47-23-35(46)40-29-18-12-26(13-19-29)34(45)20-9-24-7-14-27(38)15-8-24/h2-20,22H,1,21,23H2,(H,40,46)/b20-9+. The van der Waals surface area contributed by atoms with Crippen LogP contribution in [-0.4, -0.2) is 37.2 Å². The van der Waals surface area contributed by atoms with Crippen molar-refractivity contribution >= 4 is 69.3 Å². The fourth-order valence-electron chi connectivity index (χ4n) is 4.90. The van der Waals surface area contributed by atoms with Gasteiger partial charge in [-0.05, 0) is 72.3 Å². The van der Waals surface area contributed by atoms with Crippen LogP contribution in [0.3, 0.4) is 0 Å². The van der Waals surface area contributed by atoms with Gasteiger partial charge in [0.25, 0.3) is 0 Å². The van der Waals surface area contributed by atoms with Crippen molar-refractivity contribution in [1.29, 1.82) is 0 Å². The molecule has 0 aliphatic carbocycles. The van der Waals surface area contributed by atoms with Gasteiger partial charge in [0, 0.05) is 44.4 Å². The predicted octanol–water partition coefficient (Wildman–Crippen LogP) is 9.28. The number of hydrogen-bond donors (Lipinski definition) is 1. The third-order valence-electron chi connectivity index (χ3n) is 7.21. The number of carbonyl (C=O) groups is 2. The minimum atomic E-state index is -0.217. The van der Waals surface area contributed by atoms with E-state index in [1.807, 2.05) is 71.3 Å². The fraction of sp³-hybridized carbons (Fsp3) is 0.0541. The van der Waals surface area contributed by atoms with Crippen molar-refractivity contribution in [3.63, 3.8) is 0 Å². The summed E-state index contributed by atoms with van der Waals surface area (Å²) in [4.78, 5) is 30.4. The lowest BCUT2D eigenvalue weighted by Crippen LogP contribution is -2.14. The minimum Gasteiger partial charge on any atom is -0.325 e. The number of pyridine rings is 1. The molecule has 4 aromatic carbocycles. The number of thioether (sulfide) groups is 1. The summed E-state index contributed by atoms with van der Waals surface area (Å²) >= 11 is 13.3. The number of ketones is 1. The van der Waals surface area contributed by atoms with Crippen molar-refractivity contribution in [2.75, 3.05) is 11.1 Å². The second-order valence-corrected chi connectivity index (χ2v) is 12.3. The van der Waals surface area contributed by atoms with Crippen LogP contribution in [0.1, 0.15) is 15.9 Å². The van der Waals surface area contributed by atoms with Crippen molar-refractivity contribution in [3.05, 3.63) is 143 Å². The summed E-state index contributed by atoms with van der Waals surface area (Å²) in [5.41, 5.74) is 5.36. The van der Waals surface area contributed by atoms with Crippen molar-refractivity contribution in [3.8, 4) is 22.6 Å². The Balaban J connectivity index is 1.16. The van der Waals surface area contributed by atoms with Crippen molar-refractivity contribution in [1.82, 2.24) is 19.7 Å². The Hall–Kier alpha value is -5.02. The molecule has 0 unspecified atom stereocenters. The van der Waals surface area contributed by atoms with Crippen LogP contribution in [0.5, 0.6) is 0 Å². The Bertz CT molecular complexity index is 2110. The molecule has 0 fully saturated rings. The summed E-state index contributed by atoms with van der Waals surface area (Å²) in [5, 5.41) is 14.7. The second kappa shape index (κ2) is 14.6. The van der Waals surface area contributed by atoms with Crippen LogP contribution >= 0.6 is 35.0 Å². The molecule has 6 aromatic rings. The molecule has 0 aliphatic heterocycles. The Morgan fingerprint density at radius 3 is 2.30 bits per heavy atom. The number of halogens is 2. The molecule has 6 rings (SSSR count). The number of allylic oxidation sites excluding steroid dienone is 2. The fourth-order valence-corrected chi connectivity index (χ4v) is 5.90. The zero-order valence-electron chi connectivity index (χ0n) is 24.9. The third-order valence-corrected chi connectivity index (χ3v) is 8.68. The Kier molecular flexibility index (Phi) is 9.92. The average molecular weight is 677 g/mol. The van der Waals surface area contributed by atoms with Gasteiger partial charge in [0.15, 0.2) is 16.8 Å². The van der Waals surface area contributed by atoms with Gasteiger partial charge in [0.1, 0.15) is 0 Å². The Labute approximate surface area is 286 Å². The first kappa shape index (κ1) is 31.9. The molecular formula is C37H27Cl2N5O2S. The number of benzene rings is 4. The van der Waals surface area contributed by atoms with E-state index in [0.29, 0.717) is 38.8 Å². The molecule has 10 heteroatoms. The van der Waals surface area contributed by atoms with E-state index in [1.54, 1.807) is 48.6 Å². The number of hydrogen-bond acceptors (Lipinski definition) is 6. The van der Waals surface area contributed by atoms with Gasteiger partial charge in [0.2, 0.25) is 5.91 Å². The molecule has 0 saturated carbocycles. The number of anilines is 1. The molecular weight excluding hydrogens is 649 g/mol. The zero-order chi connectivity index (χ0) is 32.8. The SMILES string of the molecule is C=CCn1c(SCC(=O)Nc2ccc(C(=O)/C=C/c3ccc(Cl)cc3)cc2)nnc1-c1cc(-c2ccc(Cl)cc2)nc2ccccc12. The van der Waals surface area contributed by atoms with Gasteiger partial charge in [-0.1, -0.05) is 89.6 Å². The van der Waals surface area contributed by atoms with Crippen molar-refractivity contribution in [2.45, 2.75) is 11.7 Å². The molecule has 2 heterocycles. The topological polar surface area (TPSA) is 89.8 Å². The summed E-state index contributed by atoms with van der Waals surface area (Å²) < 4.78 is 1.94. The van der Waals surface area contributed by atoms with Gasteiger partial charge in [-0.2, -0.15) is 0 Å². The van der Waals surface area contributed by atoms with E-state index in [1.165, 1.54) is 17.8 Å². The van der Waals surface area contributed by atoms with E-state index in [9.17, 15) is 9.59 Å². The van der Waals surface area contributed by atoms with Crippen LogP contribution < -0.4 is 5.32 Å². The van der Waals surface area contributed by atoms with E-state index in [4.69, 9.17) is 28.2 Å². The van der Waals surface area contributed by atoms with E-state index in [0.717, 1.165) is 33.3 Å². The van der Waals surface area contributed by atoms with Gasteiger partial charge in [-0.25, -0.2) is 4.98 Å². The molecule has 7 nitrogen and oxygen atoms in total. The number of para-hydroxylation sites is 1. The number of aromatic nitrogens is 4. The zero-order valence-corrected chi connectivity index (χ0v) is 27.3.